The maximum Gasteiger partial charge on any atom is 0.224 e. The second-order valence-electron chi connectivity index (χ2n) is 5.46. The highest BCUT2D eigenvalue weighted by molar-refractivity contribution is 5.78. The van der Waals surface area contributed by atoms with E-state index >= 15 is 0 Å². The van der Waals surface area contributed by atoms with Crippen LogP contribution in [0, 0.1) is 11.2 Å². The van der Waals surface area contributed by atoms with Gasteiger partial charge in [0.05, 0.1) is 6.42 Å². The summed E-state index contributed by atoms with van der Waals surface area (Å²) in [6, 6.07) is 6.08. The molecule has 0 spiro atoms. The third-order valence-corrected chi connectivity index (χ3v) is 3.90. The highest BCUT2D eigenvalue weighted by atomic mass is 19.1. The molecule has 2 rings (SSSR count). The zero-order chi connectivity index (χ0) is 13.7. The lowest BCUT2D eigenvalue weighted by Crippen LogP contribution is -2.47. The van der Waals surface area contributed by atoms with E-state index in [4.69, 9.17) is 0 Å². The number of hydrogen-bond donors (Lipinski definition) is 2. The predicted octanol–water partition coefficient (Wildman–Crippen LogP) is 1.87. The van der Waals surface area contributed by atoms with Gasteiger partial charge in [0.15, 0.2) is 0 Å². The third kappa shape index (κ3) is 3.77. The fourth-order valence-corrected chi connectivity index (χ4v) is 2.60. The summed E-state index contributed by atoms with van der Waals surface area (Å²) in [5.41, 5.74) is 1.09. The van der Waals surface area contributed by atoms with Gasteiger partial charge >= 0.3 is 0 Å². The summed E-state index contributed by atoms with van der Waals surface area (Å²) in [7, 11) is 1.94. The molecule has 0 aliphatic heterocycles. The van der Waals surface area contributed by atoms with Crippen molar-refractivity contribution in [2.24, 2.45) is 5.41 Å². The van der Waals surface area contributed by atoms with Gasteiger partial charge in [-0.15, -0.1) is 0 Å². The Balaban J connectivity index is 1.79. The summed E-state index contributed by atoms with van der Waals surface area (Å²) in [5.74, 6) is -0.263. The number of halogens is 1. The van der Waals surface area contributed by atoms with Gasteiger partial charge in [-0.3, -0.25) is 4.79 Å². The van der Waals surface area contributed by atoms with Crippen LogP contribution in [0.15, 0.2) is 24.3 Å². The van der Waals surface area contributed by atoms with Gasteiger partial charge in [0.25, 0.3) is 0 Å². The van der Waals surface area contributed by atoms with Crippen molar-refractivity contribution in [1.29, 1.82) is 0 Å². The zero-order valence-electron chi connectivity index (χ0n) is 11.3. The number of rotatable bonds is 6. The summed E-state index contributed by atoms with van der Waals surface area (Å²) in [6.45, 7) is 1.68. The fraction of sp³-hybridized carbons (Fsp3) is 0.533. The number of benzene rings is 1. The van der Waals surface area contributed by atoms with Crippen LogP contribution in [0.5, 0.6) is 0 Å². The van der Waals surface area contributed by atoms with E-state index in [1.807, 2.05) is 7.05 Å². The first kappa shape index (κ1) is 14.0. The summed E-state index contributed by atoms with van der Waals surface area (Å²) < 4.78 is 12.8. The van der Waals surface area contributed by atoms with Crippen molar-refractivity contribution < 1.29 is 9.18 Å². The minimum Gasteiger partial charge on any atom is -0.355 e. The van der Waals surface area contributed by atoms with E-state index in [0.29, 0.717) is 6.42 Å². The van der Waals surface area contributed by atoms with Crippen LogP contribution in [0.25, 0.3) is 0 Å². The second kappa shape index (κ2) is 6.15. The van der Waals surface area contributed by atoms with E-state index in [9.17, 15) is 9.18 Å². The molecule has 0 aromatic heterocycles. The van der Waals surface area contributed by atoms with E-state index in [1.165, 1.54) is 31.4 Å². The molecule has 1 aliphatic carbocycles. The number of carbonyl (C=O) groups is 1. The minimum absolute atomic E-state index is 0.00832. The van der Waals surface area contributed by atoms with E-state index in [-0.39, 0.29) is 17.1 Å². The van der Waals surface area contributed by atoms with E-state index in [2.05, 4.69) is 10.6 Å². The first-order valence-electron chi connectivity index (χ1n) is 6.79. The Morgan fingerprint density at radius 1 is 1.26 bits per heavy atom. The Morgan fingerprint density at radius 2 is 1.95 bits per heavy atom. The van der Waals surface area contributed by atoms with E-state index in [0.717, 1.165) is 18.7 Å². The number of carbonyl (C=O) groups excluding carboxylic acids is 1. The van der Waals surface area contributed by atoms with Crippen molar-refractivity contribution >= 4 is 5.91 Å². The summed E-state index contributed by atoms with van der Waals surface area (Å²) in [6.07, 6.45) is 3.90. The van der Waals surface area contributed by atoms with Gasteiger partial charge in [0, 0.05) is 18.5 Å². The summed E-state index contributed by atoms with van der Waals surface area (Å²) in [4.78, 5) is 11.9. The van der Waals surface area contributed by atoms with Crippen molar-refractivity contribution in [1.82, 2.24) is 10.6 Å². The van der Waals surface area contributed by atoms with Crippen molar-refractivity contribution in [2.45, 2.75) is 25.7 Å². The van der Waals surface area contributed by atoms with Gasteiger partial charge in [0.1, 0.15) is 5.82 Å². The zero-order valence-corrected chi connectivity index (χ0v) is 11.3. The fourth-order valence-electron chi connectivity index (χ4n) is 2.60. The van der Waals surface area contributed by atoms with Crippen molar-refractivity contribution in [3.63, 3.8) is 0 Å². The maximum atomic E-state index is 12.8. The van der Waals surface area contributed by atoms with Gasteiger partial charge < -0.3 is 10.6 Å². The Labute approximate surface area is 113 Å². The highest BCUT2D eigenvalue weighted by Crippen LogP contribution is 2.39. The summed E-state index contributed by atoms with van der Waals surface area (Å²) >= 11 is 0. The predicted molar refractivity (Wildman–Crippen MR) is 73.3 cm³/mol. The molecule has 1 aromatic carbocycles. The lowest BCUT2D eigenvalue weighted by atomic mass is 9.68. The second-order valence-corrected chi connectivity index (χ2v) is 5.46. The molecule has 19 heavy (non-hydrogen) atoms. The molecule has 0 heterocycles. The van der Waals surface area contributed by atoms with Crippen LogP contribution in [-0.2, 0) is 11.2 Å². The van der Waals surface area contributed by atoms with Crippen LogP contribution >= 0.6 is 0 Å². The Bertz CT molecular complexity index is 426. The Hall–Kier alpha value is -1.42. The molecule has 1 aliphatic rings. The molecule has 2 N–H and O–H groups in total. The van der Waals surface area contributed by atoms with E-state index < -0.39 is 0 Å². The number of amides is 1. The van der Waals surface area contributed by atoms with Gasteiger partial charge in [-0.2, -0.15) is 0 Å². The Kier molecular flexibility index (Phi) is 4.53. The average molecular weight is 264 g/mol. The van der Waals surface area contributed by atoms with Gasteiger partial charge in [-0.05, 0) is 37.6 Å². The van der Waals surface area contributed by atoms with Crippen molar-refractivity contribution in [3.8, 4) is 0 Å². The van der Waals surface area contributed by atoms with E-state index in [1.54, 1.807) is 12.1 Å². The third-order valence-electron chi connectivity index (χ3n) is 3.90. The first-order chi connectivity index (χ1) is 9.13. The molecular weight excluding hydrogens is 243 g/mol. The molecule has 104 valence electrons. The largest absolute Gasteiger partial charge is 0.355 e. The molecule has 1 saturated carbocycles. The van der Waals surface area contributed by atoms with Crippen LogP contribution in [0.2, 0.25) is 0 Å². The highest BCUT2D eigenvalue weighted by Gasteiger charge is 2.36. The van der Waals surface area contributed by atoms with Gasteiger partial charge in [-0.1, -0.05) is 18.6 Å². The molecule has 1 amide bonds. The normalized spacial score (nSPS) is 16.7. The molecular formula is C15H21FN2O. The number of hydrogen-bond acceptors (Lipinski definition) is 2. The lowest BCUT2D eigenvalue weighted by Gasteiger charge is -2.42. The molecule has 1 aromatic rings. The van der Waals surface area contributed by atoms with Crippen molar-refractivity contribution in [2.75, 3.05) is 20.1 Å². The SMILES string of the molecule is CNCC1(CNC(=O)Cc2ccc(F)cc2)CCC1. The molecule has 0 atom stereocenters. The molecule has 0 unspecified atom stereocenters. The molecule has 0 bridgehead atoms. The van der Waals surface area contributed by atoms with Crippen LogP contribution < -0.4 is 10.6 Å². The Morgan fingerprint density at radius 3 is 2.47 bits per heavy atom. The standard InChI is InChI=1S/C15H21FN2O/c1-17-10-15(7-2-8-15)11-18-14(19)9-12-3-5-13(16)6-4-12/h3-6,17H,2,7-11H2,1H3,(H,18,19). The first-order valence-corrected chi connectivity index (χ1v) is 6.79. The van der Waals surface area contributed by atoms with Crippen LogP contribution in [-0.4, -0.2) is 26.0 Å². The maximum absolute atomic E-state index is 12.8. The quantitative estimate of drug-likeness (QED) is 0.823. The van der Waals surface area contributed by atoms with Crippen molar-refractivity contribution in [3.05, 3.63) is 35.6 Å². The van der Waals surface area contributed by atoms with Gasteiger partial charge in [-0.25, -0.2) is 4.39 Å². The average Bonchev–Trinajstić information content (AvgIpc) is 2.35. The van der Waals surface area contributed by atoms with Crippen LogP contribution in [0.4, 0.5) is 4.39 Å². The summed E-state index contributed by atoms with van der Waals surface area (Å²) in [5, 5.41) is 6.20. The minimum atomic E-state index is -0.272. The van der Waals surface area contributed by atoms with Crippen LogP contribution in [0.3, 0.4) is 0 Å². The molecule has 0 radical (unpaired) electrons. The molecule has 0 saturated heterocycles. The molecule has 3 nitrogen and oxygen atoms in total. The van der Waals surface area contributed by atoms with Crippen LogP contribution in [0.1, 0.15) is 24.8 Å². The monoisotopic (exact) mass is 264 g/mol. The molecule has 4 heteroatoms. The molecule has 1 fully saturated rings. The smallest absolute Gasteiger partial charge is 0.224 e. The number of nitrogens with one attached hydrogen (secondary N) is 2. The topological polar surface area (TPSA) is 41.1 Å². The lowest BCUT2D eigenvalue weighted by molar-refractivity contribution is -0.121. The van der Waals surface area contributed by atoms with Gasteiger partial charge in [0.2, 0.25) is 5.91 Å².